The number of rotatable bonds is 2. The monoisotopic (exact) mass is 414 g/mol. The van der Waals surface area contributed by atoms with E-state index < -0.39 is 0 Å². The Morgan fingerprint density at radius 3 is 2.61 bits per heavy atom. The molecule has 5 heteroatoms. The largest absolute Gasteiger partial charge is 0.371 e. The van der Waals surface area contributed by atoms with Gasteiger partial charge in [-0.15, -0.1) is 0 Å². The van der Waals surface area contributed by atoms with Crippen LogP contribution in [0.1, 0.15) is 66.7 Å². The number of benzene rings is 1. The average molecular weight is 415 g/mol. The quantitative estimate of drug-likeness (QED) is 0.671. The molecule has 160 valence electrons. The van der Waals surface area contributed by atoms with Crippen molar-refractivity contribution in [3.8, 4) is 0 Å². The molecule has 6 rings (SSSR count). The molecule has 4 heterocycles. The number of hydrogen-bond acceptors (Lipinski definition) is 4. The summed E-state index contributed by atoms with van der Waals surface area (Å²) in [7, 11) is 0. The molecular weight excluding hydrogens is 384 g/mol. The van der Waals surface area contributed by atoms with Gasteiger partial charge in [0, 0.05) is 53.1 Å². The van der Waals surface area contributed by atoms with Crippen molar-refractivity contribution in [1.29, 1.82) is 0 Å². The van der Waals surface area contributed by atoms with Crippen molar-refractivity contribution in [1.82, 2.24) is 14.9 Å². The molecule has 3 aromatic rings. The normalized spacial score (nSPS) is 21.5. The number of anilines is 1. The molecule has 1 N–H and O–H groups in total. The number of hydrogen-bond donors (Lipinski definition) is 1. The molecule has 0 unspecified atom stereocenters. The van der Waals surface area contributed by atoms with Gasteiger partial charge in [-0.3, -0.25) is 4.79 Å². The standard InChI is InChI=1S/C26H30N4O/c1-26(2)21-16-18(30-14-9-17(10-15-30)29-12-3-4-13-29)7-8-19(21)23(31)22-20-6-5-11-27-25(20)28-24(22)26/h5-8,11,16-17H,3-4,9-10,12-15H2,1-2H3,(H,27,28). The Kier molecular flexibility index (Phi) is 4.26. The van der Waals surface area contributed by atoms with Crippen LogP contribution >= 0.6 is 0 Å². The number of likely N-dealkylation sites (tertiary alicyclic amines) is 1. The minimum atomic E-state index is -0.275. The zero-order valence-electron chi connectivity index (χ0n) is 18.4. The van der Waals surface area contributed by atoms with E-state index in [1.54, 1.807) is 6.20 Å². The SMILES string of the molecule is CC1(C)c2cc(N3CCC(N4CCCC4)CC3)ccc2C(=O)c2c1[nH]c1ncccc21. The second-order valence-electron chi connectivity index (χ2n) is 9.92. The van der Waals surface area contributed by atoms with E-state index in [9.17, 15) is 4.79 Å². The Balaban J connectivity index is 1.33. The Labute approximate surface area is 183 Å². The van der Waals surface area contributed by atoms with E-state index in [0.717, 1.165) is 52.5 Å². The molecule has 1 aromatic carbocycles. The van der Waals surface area contributed by atoms with Gasteiger partial charge in [0.15, 0.2) is 5.78 Å². The molecule has 3 aliphatic rings. The zero-order valence-corrected chi connectivity index (χ0v) is 18.4. The van der Waals surface area contributed by atoms with Gasteiger partial charge in [0.05, 0.1) is 5.56 Å². The van der Waals surface area contributed by atoms with Crippen molar-refractivity contribution >= 4 is 22.5 Å². The van der Waals surface area contributed by atoms with Crippen LogP contribution in [0.2, 0.25) is 0 Å². The molecule has 31 heavy (non-hydrogen) atoms. The van der Waals surface area contributed by atoms with Crippen LogP contribution in [0.25, 0.3) is 11.0 Å². The number of fused-ring (bicyclic) bond motifs is 4. The molecular formula is C26H30N4O. The van der Waals surface area contributed by atoms with Crippen molar-refractivity contribution in [2.45, 2.75) is 51.0 Å². The summed E-state index contributed by atoms with van der Waals surface area (Å²) in [5, 5.41) is 0.925. The molecule has 0 atom stereocenters. The van der Waals surface area contributed by atoms with E-state index in [4.69, 9.17) is 0 Å². The maximum Gasteiger partial charge on any atom is 0.195 e. The van der Waals surface area contributed by atoms with Gasteiger partial charge in [0.25, 0.3) is 0 Å². The number of ketones is 1. The van der Waals surface area contributed by atoms with Crippen LogP contribution < -0.4 is 4.90 Å². The van der Waals surface area contributed by atoms with Crippen molar-refractivity contribution in [2.24, 2.45) is 0 Å². The van der Waals surface area contributed by atoms with Gasteiger partial charge in [0.2, 0.25) is 0 Å². The first-order chi connectivity index (χ1) is 15.0. The Bertz CT molecular complexity index is 1160. The van der Waals surface area contributed by atoms with Crippen LogP contribution in [-0.4, -0.2) is 52.9 Å². The summed E-state index contributed by atoms with van der Waals surface area (Å²) in [6, 6.07) is 11.1. The van der Waals surface area contributed by atoms with Crippen LogP contribution in [0.3, 0.4) is 0 Å². The van der Waals surface area contributed by atoms with E-state index >= 15 is 0 Å². The van der Waals surface area contributed by atoms with Crippen LogP contribution in [0.15, 0.2) is 36.5 Å². The van der Waals surface area contributed by atoms with Gasteiger partial charge in [-0.05, 0) is 74.7 Å². The molecule has 2 aromatic heterocycles. The molecule has 0 radical (unpaired) electrons. The minimum Gasteiger partial charge on any atom is -0.371 e. The van der Waals surface area contributed by atoms with Gasteiger partial charge in [-0.1, -0.05) is 13.8 Å². The third-order valence-corrected chi connectivity index (χ3v) is 7.83. The predicted octanol–water partition coefficient (Wildman–Crippen LogP) is 4.50. The fourth-order valence-electron chi connectivity index (χ4n) is 6.04. The van der Waals surface area contributed by atoms with Crippen LogP contribution in [0.5, 0.6) is 0 Å². The van der Waals surface area contributed by atoms with Gasteiger partial charge in [0.1, 0.15) is 5.65 Å². The minimum absolute atomic E-state index is 0.114. The maximum atomic E-state index is 13.5. The molecule has 1 aliphatic carbocycles. The topological polar surface area (TPSA) is 52.2 Å². The van der Waals surface area contributed by atoms with Crippen molar-refractivity contribution < 1.29 is 4.79 Å². The highest BCUT2D eigenvalue weighted by molar-refractivity contribution is 6.19. The number of nitrogens with zero attached hydrogens (tertiary/aromatic N) is 3. The summed E-state index contributed by atoms with van der Waals surface area (Å²) < 4.78 is 0. The highest BCUT2D eigenvalue weighted by Crippen LogP contribution is 2.44. The number of H-pyrrole nitrogens is 1. The van der Waals surface area contributed by atoms with Gasteiger partial charge in [-0.2, -0.15) is 0 Å². The lowest BCUT2D eigenvalue weighted by atomic mass is 9.71. The van der Waals surface area contributed by atoms with E-state index in [1.807, 2.05) is 12.1 Å². The van der Waals surface area contributed by atoms with Crippen molar-refractivity contribution in [3.05, 3.63) is 58.9 Å². The first kappa shape index (κ1) is 19.1. The van der Waals surface area contributed by atoms with Crippen molar-refractivity contribution in [3.63, 3.8) is 0 Å². The molecule has 0 saturated carbocycles. The molecule has 0 amide bonds. The summed E-state index contributed by atoms with van der Waals surface area (Å²) in [6.45, 7) is 9.18. The van der Waals surface area contributed by atoms with Crippen molar-refractivity contribution in [2.75, 3.05) is 31.1 Å². The summed E-state index contributed by atoms with van der Waals surface area (Å²) in [5.41, 5.74) is 5.50. The lowest BCUT2D eigenvalue weighted by Crippen LogP contribution is -2.44. The Morgan fingerprint density at radius 2 is 1.84 bits per heavy atom. The van der Waals surface area contributed by atoms with E-state index in [-0.39, 0.29) is 11.2 Å². The summed E-state index contributed by atoms with van der Waals surface area (Å²) in [6.07, 6.45) is 6.96. The van der Waals surface area contributed by atoms with E-state index in [0.29, 0.717) is 0 Å². The number of aromatic amines is 1. The van der Waals surface area contributed by atoms with E-state index in [1.165, 1.54) is 44.5 Å². The molecule has 0 spiro atoms. The third kappa shape index (κ3) is 2.86. The molecule has 5 nitrogen and oxygen atoms in total. The number of aromatic nitrogens is 2. The number of carbonyl (C=O) groups is 1. The zero-order chi connectivity index (χ0) is 21.2. The van der Waals surface area contributed by atoms with Crippen LogP contribution in [0.4, 0.5) is 5.69 Å². The van der Waals surface area contributed by atoms with E-state index in [2.05, 4.69) is 51.8 Å². The number of pyridine rings is 1. The van der Waals surface area contributed by atoms with Crippen LogP contribution in [-0.2, 0) is 5.41 Å². The van der Waals surface area contributed by atoms with Gasteiger partial charge >= 0.3 is 0 Å². The predicted molar refractivity (Wildman–Crippen MR) is 124 cm³/mol. The molecule has 0 bridgehead atoms. The number of nitrogens with one attached hydrogen (secondary N) is 1. The average Bonchev–Trinajstić information content (AvgIpc) is 3.46. The van der Waals surface area contributed by atoms with Crippen LogP contribution in [0, 0.1) is 0 Å². The molecule has 2 aliphatic heterocycles. The lowest BCUT2D eigenvalue weighted by Gasteiger charge is -2.39. The Hall–Kier alpha value is -2.66. The summed E-state index contributed by atoms with van der Waals surface area (Å²) in [5.74, 6) is 0.114. The van der Waals surface area contributed by atoms with Gasteiger partial charge < -0.3 is 14.8 Å². The second kappa shape index (κ2) is 6.92. The summed E-state index contributed by atoms with van der Waals surface area (Å²) >= 11 is 0. The molecule has 2 fully saturated rings. The summed E-state index contributed by atoms with van der Waals surface area (Å²) in [4.78, 5) is 26.6. The first-order valence-electron chi connectivity index (χ1n) is 11.7. The number of carbonyl (C=O) groups excluding carboxylic acids is 1. The first-order valence-corrected chi connectivity index (χ1v) is 11.7. The smallest absolute Gasteiger partial charge is 0.195 e. The Morgan fingerprint density at radius 1 is 1.06 bits per heavy atom. The van der Waals surface area contributed by atoms with Gasteiger partial charge in [-0.25, -0.2) is 4.98 Å². The fraction of sp³-hybridized carbons (Fsp3) is 0.462. The lowest BCUT2D eigenvalue weighted by molar-refractivity contribution is 0.103. The number of piperidine rings is 1. The fourth-order valence-corrected chi connectivity index (χ4v) is 6.04. The maximum absolute atomic E-state index is 13.5. The molecule has 2 saturated heterocycles. The highest BCUT2D eigenvalue weighted by Gasteiger charge is 2.40. The second-order valence-corrected chi connectivity index (χ2v) is 9.92. The third-order valence-electron chi connectivity index (χ3n) is 7.83. The highest BCUT2D eigenvalue weighted by atomic mass is 16.1.